The van der Waals surface area contributed by atoms with Crippen molar-refractivity contribution in [3.05, 3.63) is 29.3 Å². The number of methoxy groups -OCH3 is 1. The van der Waals surface area contributed by atoms with Crippen molar-refractivity contribution in [2.45, 2.75) is 13.0 Å². The minimum atomic E-state index is -0.721. The summed E-state index contributed by atoms with van der Waals surface area (Å²) in [4.78, 5) is 11.7. The lowest BCUT2D eigenvalue weighted by molar-refractivity contribution is 0.0609. The number of carbonyl (C=O) groups excluding carboxylic acids is 1. The largest absolute Gasteiger partial charge is 0.508 e. The summed E-state index contributed by atoms with van der Waals surface area (Å²) in [6.45, 7) is 2.04. The SMILES string of the molecule is COCC(O)CNC(=O)c1ccc(O)cc1C. The Hall–Kier alpha value is -1.59. The molecule has 0 radical (unpaired) electrons. The highest BCUT2D eigenvalue weighted by molar-refractivity contribution is 5.95. The third-order valence-corrected chi connectivity index (χ3v) is 2.31. The predicted octanol–water partition coefficient (Wildman–Crippen LogP) is 0.438. The van der Waals surface area contributed by atoms with Gasteiger partial charge in [-0.2, -0.15) is 0 Å². The van der Waals surface area contributed by atoms with Crippen molar-refractivity contribution >= 4 is 5.91 Å². The van der Waals surface area contributed by atoms with Crippen LogP contribution in [-0.4, -0.2) is 42.5 Å². The zero-order valence-electron chi connectivity index (χ0n) is 9.93. The third kappa shape index (κ3) is 4.05. The van der Waals surface area contributed by atoms with Gasteiger partial charge in [-0.1, -0.05) is 0 Å². The number of rotatable bonds is 5. The summed E-state index contributed by atoms with van der Waals surface area (Å²) in [6.07, 6.45) is -0.721. The molecule has 0 saturated heterocycles. The Labute approximate surface area is 100 Å². The number of hydrogen-bond donors (Lipinski definition) is 3. The van der Waals surface area contributed by atoms with Crippen molar-refractivity contribution in [2.24, 2.45) is 0 Å². The number of benzene rings is 1. The minimum Gasteiger partial charge on any atom is -0.508 e. The van der Waals surface area contributed by atoms with Gasteiger partial charge in [0.05, 0.1) is 12.7 Å². The smallest absolute Gasteiger partial charge is 0.251 e. The molecule has 1 aromatic carbocycles. The Kier molecular flexibility index (Phi) is 4.93. The van der Waals surface area contributed by atoms with Crippen molar-refractivity contribution in [1.29, 1.82) is 0 Å². The molecule has 0 saturated carbocycles. The van der Waals surface area contributed by atoms with Crippen molar-refractivity contribution in [1.82, 2.24) is 5.32 Å². The molecule has 1 unspecified atom stereocenters. The molecule has 3 N–H and O–H groups in total. The maximum absolute atomic E-state index is 11.7. The van der Waals surface area contributed by atoms with Gasteiger partial charge < -0.3 is 20.3 Å². The number of aliphatic hydroxyl groups excluding tert-OH is 1. The molecule has 0 spiro atoms. The average Bonchev–Trinajstić information content (AvgIpc) is 2.26. The van der Waals surface area contributed by atoms with E-state index in [1.807, 2.05) is 0 Å². The first-order valence-electron chi connectivity index (χ1n) is 5.29. The van der Waals surface area contributed by atoms with E-state index in [-0.39, 0.29) is 24.8 Å². The molecular formula is C12H17NO4. The molecule has 0 bridgehead atoms. The Balaban J connectivity index is 2.58. The number of ether oxygens (including phenoxy) is 1. The van der Waals surface area contributed by atoms with Crippen LogP contribution >= 0.6 is 0 Å². The van der Waals surface area contributed by atoms with E-state index in [9.17, 15) is 15.0 Å². The van der Waals surface area contributed by atoms with Gasteiger partial charge in [0, 0.05) is 19.2 Å². The van der Waals surface area contributed by atoms with Crippen molar-refractivity contribution < 1.29 is 19.7 Å². The molecule has 94 valence electrons. The Morgan fingerprint density at radius 3 is 2.82 bits per heavy atom. The topological polar surface area (TPSA) is 78.8 Å². The van der Waals surface area contributed by atoms with Crippen molar-refractivity contribution in [2.75, 3.05) is 20.3 Å². The maximum Gasteiger partial charge on any atom is 0.251 e. The first-order valence-corrected chi connectivity index (χ1v) is 5.29. The number of amides is 1. The van der Waals surface area contributed by atoms with Gasteiger partial charge in [-0.15, -0.1) is 0 Å². The molecule has 0 aliphatic heterocycles. The molecule has 0 aliphatic carbocycles. The number of aliphatic hydroxyl groups is 1. The van der Waals surface area contributed by atoms with Gasteiger partial charge in [-0.25, -0.2) is 0 Å². The van der Waals surface area contributed by atoms with Crippen LogP contribution in [0.25, 0.3) is 0 Å². The summed E-state index contributed by atoms with van der Waals surface area (Å²) in [7, 11) is 1.48. The molecule has 17 heavy (non-hydrogen) atoms. The molecule has 5 nitrogen and oxygen atoms in total. The van der Waals surface area contributed by atoms with Crippen LogP contribution in [0.4, 0.5) is 0 Å². The molecular weight excluding hydrogens is 222 g/mol. The van der Waals surface area contributed by atoms with Gasteiger partial charge in [0.2, 0.25) is 0 Å². The van der Waals surface area contributed by atoms with Crippen LogP contribution < -0.4 is 5.32 Å². The van der Waals surface area contributed by atoms with Crippen LogP contribution in [0.1, 0.15) is 15.9 Å². The minimum absolute atomic E-state index is 0.124. The summed E-state index contributed by atoms with van der Waals surface area (Å²) in [6, 6.07) is 4.51. The second kappa shape index (κ2) is 6.22. The highest BCUT2D eigenvalue weighted by Crippen LogP contribution is 2.15. The normalized spacial score (nSPS) is 12.2. The molecule has 0 aromatic heterocycles. The predicted molar refractivity (Wildman–Crippen MR) is 63.1 cm³/mol. The zero-order chi connectivity index (χ0) is 12.8. The molecule has 0 heterocycles. The highest BCUT2D eigenvalue weighted by atomic mass is 16.5. The van der Waals surface area contributed by atoms with Gasteiger partial charge in [-0.05, 0) is 30.7 Å². The van der Waals surface area contributed by atoms with Crippen molar-refractivity contribution in [3.63, 3.8) is 0 Å². The number of phenols is 1. The first kappa shape index (κ1) is 13.5. The third-order valence-electron chi connectivity index (χ3n) is 2.31. The van der Waals surface area contributed by atoms with Gasteiger partial charge >= 0.3 is 0 Å². The summed E-state index contributed by atoms with van der Waals surface area (Å²) in [5.74, 6) is -0.156. The Morgan fingerprint density at radius 2 is 2.24 bits per heavy atom. The average molecular weight is 239 g/mol. The van der Waals surface area contributed by atoms with E-state index in [4.69, 9.17) is 4.74 Å². The molecule has 1 atom stereocenters. The fourth-order valence-electron chi connectivity index (χ4n) is 1.46. The Bertz CT molecular complexity index is 392. The van der Waals surface area contributed by atoms with E-state index in [1.165, 1.54) is 19.2 Å². The number of aromatic hydroxyl groups is 1. The fraction of sp³-hybridized carbons (Fsp3) is 0.417. The second-order valence-electron chi connectivity index (χ2n) is 3.82. The summed E-state index contributed by atoms with van der Waals surface area (Å²) in [5.41, 5.74) is 1.16. The quantitative estimate of drug-likeness (QED) is 0.696. The maximum atomic E-state index is 11.7. The summed E-state index contributed by atoms with van der Waals surface area (Å²) >= 11 is 0. The lowest BCUT2D eigenvalue weighted by Gasteiger charge is -2.11. The molecule has 1 aromatic rings. The van der Waals surface area contributed by atoms with E-state index in [0.717, 1.165) is 0 Å². The second-order valence-corrected chi connectivity index (χ2v) is 3.82. The van der Waals surface area contributed by atoms with E-state index in [0.29, 0.717) is 11.1 Å². The fourth-order valence-corrected chi connectivity index (χ4v) is 1.46. The van der Waals surface area contributed by atoms with Crippen LogP contribution in [0, 0.1) is 6.92 Å². The van der Waals surface area contributed by atoms with Crippen LogP contribution in [0.5, 0.6) is 5.75 Å². The van der Waals surface area contributed by atoms with E-state index >= 15 is 0 Å². The summed E-state index contributed by atoms with van der Waals surface area (Å²) < 4.78 is 4.75. The number of phenolic OH excluding ortho intramolecular Hbond substituents is 1. The molecule has 0 aliphatic rings. The van der Waals surface area contributed by atoms with E-state index in [2.05, 4.69) is 5.32 Å². The zero-order valence-corrected chi connectivity index (χ0v) is 9.93. The van der Waals surface area contributed by atoms with Gasteiger partial charge in [-0.3, -0.25) is 4.79 Å². The number of carbonyl (C=O) groups is 1. The summed E-state index contributed by atoms with van der Waals surface area (Å²) in [5, 5.41) is 21.2. The lowest BCUT2D eigenvalue weighted by atomic mass is 10.1. The Morgan fingerprint density at radius 1 is 1.53 bits per heavy atom. The number of hydrogen-bond acceptors (Lipinski definition) is 4. The first-order chi connectivity index (χ1) is 8.04. The molecule has 1 rings (SSSR count). The van der Waals surface area contributed by atoms with Gasteiger partial charge in [0.1, 0.15) is 5.75 Å². The molecule has 5 heteroatoms. The van der Waals surface area contributed by atoms with Crippen molar-refractivity contribution in [3.8, 4) is 5.75 Å². The lowest BCUT2D eigenvalue weighted by Crippen LogP contribution is -2.34. The van der Waals surface area contributed by atoms with Crippen LogP contribution in [0.3, 0.4) is 0 Å². The van der Waals surface area contributed by atoms with E-state index in [1.54, 1.807) is 13.0 Å². The van der Waals surface area contributed by atoms with Crippen LogP contribution in [0.2, 0.25) is 0 Å². The number of nitrogens with one attached hydrogen (secondary N) is 1. The molecule has 0 fully saturated rings. The standard InChI is InChI=1S/C12H17NO4/c1-8-5-9(14)3-4-11(8)12(16)13-6-10(15)7-17-2/h3-5,10,14-15H,6-7H2,1-2H3,(H,13,16). The van der Waals surface area contributed by atoms with Crippen LogP contribution in [0.15, 0.2) is 18.2 Å². The van der Waals surface area contributed by atoms with E-state index < -0.39 is 6.10 Å². The number of aryl methyl sites for hydroxylation is 1. The van der Waals surface area contributed by atoms with Gasteiger partial charge in [0.25, 0.3) is 5.91 Å². The highest BCUT2D eigenvalue weighted by Gasteiger charge is 2.11. The molecule has 1 amide bonds. The van der Waals surface area contributed by atoms with Gasteiger partial charge in [0.15, 0.2) is 0 Å². The van der Waals surface area contributed by atoms with Crippen LogP contribution in [-0.2, 0) is 4.74 Å². The monoisotopic (exact) mass is 239 g/mol.